The molecule has 4 heteroatoms. The highest BCUT2D eigenvalue weighted by atomic mass is 35.5. The second kappa shape index (κ2) is 3.63. The van der Waals surface area contributed by atoms with Crippen molar-refractivity contribution in [2.75, 3.05) is 0 Å². The van der Waals surface area contributed by atoms with Crippen LogP contribution in [-0.4, -0.2) is 16.7 Å². The van der Waals surface area contributed by atoms with Gasteiger partial charge in [-0.2, -0.15) is 0 Å². The zero-order valence-corrected chi connectivity index (χ0v) is 10.1. The summed E-state index contributed by atoms with van der Waals surface area (Å²) in [6, 6.07) is 5.31. The molecule has 2 N–H and O–H groups in total. The zero-order valence-electron chi connectivity index (χ0n) is 8.59. The summed E-state index contributed by atoms with van der Waals surface area (Å²) < 4.78 is 0. The Hall–Kier alpha value is -0.280. The number of rotatable bonds is 2. The molecule has 0 radical (unpaired) electrons. The Morgan fingerprint density at radius 1 is 1.33 bits per heavy atom. The number of benzene rings is 1. The van der Waals surface area contributed by atoms with Gasteiger partial charge in [0, 0.05) is 5.54 Å². The van der Waals surface area contributed by atoms with Crippen LogP contribution in [0.3, 0.4) is 0 Å². The van der Waals surface area contributed by atoms with Crippen molar-refractivity contribution in [2.45, 2.75) is 31.5 Å². The molecule has 0 spiro atoms. The molecule has 2 rings (SSSR count). The van der Waals surface area contributed by atoms with E-state index in [0.29, 0.717) is 10.0 Å². The Morgan fingerprint density at radius 2 is 1.93 bits per heavy atom. The van der Waals surface area contributed by atoms with E-state index < -0.39 is 6.10 Å². The molecule has 1 aliphatic heterocycles. The Balaban J connectivity index is 2.20. The summed E-state index contributed by atoms with van der Waals surface area (Å²) >= 11 is 11.7. The van der Waals surface area contributed by atoms with Crippen LogP contribution in [0.25, 0.3) is 0 Å². The molecular formula is C11H13Cl2NO. The smallest absolute Gasteiger partial charge is 0.0961 e. The predicted octanol–water partition coefficient (Wildman–Crippen LogP) is 2.78. The first-order valence-electron chi connectivity index (χ1n) is 4.82. The first kappa shape index (κ1) is 11.2. The molecule has 1 saturated heterocycles. The molecule has 2 unspecified atom stereocenters. The summed E-state index contributed by atoms with van der Waals surface area (Å²) in [6.45, 7) is 4.11. The average molecular weight is 246 g/mol. The second-order valence-electron chi connectivity index (χ2n) is 4.46. The maximum absolute atomic E-state index is 10.0. The lowest BCUT2D eigenvalue weighted by Crippen LogP contribution is -2.12. The normalized spacial score (nSPS) is 25.0. The van der Waals surface area contributed by atoms with Crippen LogP contribution < -0.4 is 5.32 Å². The topological polar surface area (TPSA) is 42.2 Å². The summed E-state index contributed by atoms with van der Waals surface area (Å²) in [7, 11) is 0. The number of nitrogens with one attached hydrogen (secondary N) is 1. The quantitative estimate of drug-likeness (QED) is 0.788. The van der Waals surface area contributed by atoms with Gasteiger partial charge >= 0.3 is 0 Å². The van der Waals surface area contributed by atoms with Gasteiger partial charge in [0.05, 0.1) is 22.2 Å². The molecule has 1 fully saturated rings. The van der Waals surface area contributed by atoms with Gasteiger partial charge in [0.25, 0.3) is 0 Å². The van der Waals surface area contributed by atoms with Gasteiger partial charge in [-0.05, 0) is 31.5 Å². The lowest BCUT2D eigenvalue weighted by molar-refractivity contribution is 0.170. The van der Waals surface area contributed by atoms with E-state index in [2.05, 4.69) is 19.2 Å². The minimum Gasteiger partial charge on any atom is -0.387 e. The van der Waals surface area contributed by atoms with Gasteiger partial charge in [0.2, 0.25) is 0 Å². The van der Waals surface area contributed by atoms with Crippen molar-refractivity contribution in [1.82, 2.24) is 5.32 Å². The number of hydrogen-bond acceptors (Lipinski definition) is 2. The molecule has 0 amide bonds. The molecule has 0 aliphatic carbocycles. The molecule has 0 aromatic heterocycles. The Bertz CT molecular complexity index is 392. The van der Waals surface area contributed by atoms with Gasteiger partial charge in [0.1, 0.15) is 0 Å². The van der Waals surface area contributed by atoms with Crippen LogP contribution in [0.5, 0.6) is 0 Å². The largest absolute Gasteiger partial charge is 0.387 e. The van der Waals surface area contributed by atoms with Gasteiger partial charge in [-0.1, -0.05) is 29.3 Å². The summed E-state index contributed by atoms with van der Waals surface area (Å²) in [5, 5.41) is 14.2. The van der Waals surface area contributed by atoms with Gasteiger partial charge in [-0.15, -0.1) is 0 Å². The minimum atomic E-state index is -0.533. The van der Waals surface area contributed by atoms with E-state index in [-0.39, 0.29) is 11.6 Å². The molecule has 2 nitrogen and oxygen atoms in total. The average Bonchev–Trinajstić information content (AvgIpc) is 2.79. The van der Waals surface area contributed by atoms with Gasteiger partial charge in [-0.25, -0.2) is 0 Å². The lowest BCUT2D eigenvalue weighted by Gasteiger charge is -2.11. The molecule has 2 atom stereocenters. The molecular weight excluding hydrogens is 233 g/mol. The number of halogens is 2. The molecule has 1 aromatic carbocycles. The van der Waals surface area contributed by atoms with Crippen LogP contribution in [0, 0.1) is 0 Å². The molecule has 0 saturated carbocycles. The van der Waals surface area contributed by atoms with Crippen molar-refractivity contribution in [3.63, 3.8) is 0 Å². The first-order valence-corrected chi connectivity index (χ1v) is 5.58. The second-order valence-corrected chi connectivity index (χ2v) is 5.28. The van der Waals surface area contributed by atoms with Crippen molar-refractivity contribution in [3.05, 3.63) is 33.8 Å². The van der Waals surface area contributed by atoms with E-state index >= 15 is 0 Å². The SMILES string of the molecule is CC1(C)NC1C(O)c1ccc(Cl)c(Cl)c1. The van der Waals surface area contributed by atoms with E-state index in [0.717, 1.165) is 5.56 Å². The summed E-state index contributed by atoms with van der Waals surface area (Å²) in [5.41, 5.74) is 0.804. The third-order valence-electron chi connectivity index (χ3n) is 2.82. The van der Waals surface area contributed by atoms with E-state index in [1.165, 1.54) is 0 Å². The minimum absolute atomic E-state index is 0.00549. The molecule has 1 heterocycles. The van der Waals surface area contributed by atoms with Crippen molar-refractivity contribution in [2.24, 2.45) is 0 Å². The van der Waals surface area contributed by atoms with Gasteiger partial charge < -0.3 is 10.4 Å². The van der Waals surface area contributed by atoms with Crippen LogP contribution in [-0.2, 0) is 0 Å². The highest BCUT2D eigenvalue weighted by Crippen LogP contribution is 2.37. The van der Waals surface area contributed by atoms with Crippen LogP contribution in [0.15, 0.2) is 18.2 Å². The molecule has 1 aromatic rings. The van der Waals surface area contributed by atoms with Crippen molar-refractivity contribution >= 4 is 23.2 Å². The predicted molar refractivity (Wildman–Crippen MR) is 62.4 cm³/mol. The highest BCUT2D eigenvalue weighted by Gasteiger charge is 2.49. The molecule has 82 valence electrons. The fourth-order valence-electron chi connectivity index (χ4n) is 1.72. The molecule has 15 heavy (non-hydrogen) atoms. The van der Waals surface area contributed by atoms with E-state index in [4.69, 9.17) is 23.2 Å². The summed E-state index contributed by atoms with van der Waals surface area (Å²) in [4.78, 5) is 0. The third-order valence-corrected chi connectivity index (χ3v) is 3.56. The first-order chi connectivity index (χ1) is 6.92. The van der Waals surface area contributed by atoms with Crippen molar-refractivity contribution < 1.29 is 5.11 Å². The van der Waals surface area contributed by atoms with E-state index in [1.54, 1.807) is 18.2 Å². The van der Waals surface area contributed by atoms with E-state index in [9.17, 15) is 5.11 Å². The summed E-state index contributed by atoms with van der Waals surface area (Å²) in [5.74, 6) is 0. The van der Waals surface area contributed by atoms with Crippen molar-refractivity contribution in [1.29, 1.82) is 0 Å². The fourth-order valence-corrected chi connectivity index (χ4v) is 2.03. The highest BCUT2D eigenvalue weighted by molar-refractivity contribution is 6.42. The maximum atomic E-state index is 10.0. The van der Waals surface area contributed by atoms with Crippen LogP contribution in [0.2, 0.25) is 10.0 Å². The molecule has 1 aliphatic rings. The summed E-state index contributed by atoms with van der Waals surface area (Å²) in [6.07, 6.45) is -0.533. The number of aliphatic hydroxyl groups is 1. The monoisotopic (exact) mass is 245 g/mol. The Labute approximate surface area is 99.2 Å². The molecule has 0 bridgehead atoms. The van der Waals surface area contributed by atoms with Crippen LogP contribution in [0.1, 0.15) is 25.5 Å². The maximum Gasteiger partial charge on any atom is 0.0961 e. The third kappa shape index (κ3) is 2.13. The Kier molecular flexibility index (Phi) is 2.72. The van der Waals surface area contributed by atoms with Gasteiger partial charge in [0.15, 0.2) is 0 Å². The van der Waals surface area contributed by atoms with Gasteiger partial charge in [-0.3, -0.25) is 0 Å². The number of aliphatic hydroxyl groups excluding tert-OH is 1. The Morgan fingerprint density at radius 3 is 2.40 bits per heavy atom. The lowest BCUT2D eigenvalue weighted by atomic mass is 10.00. The van der Waals surface area contributed by atoms with Crippen LogP contribution >= 0.6 is 23.2 Å². The number of hydrogen-bond donors (Lipinski definition) is 2. The fraction of sp³-hybridized carbons (Fsp3) is 0.455. The zero-order chi connectivity index (χ0) is 11.2. The standard InChI is InChI=1S/C11H13Cl2NO/c1-11(2)10(14-11)9(15)6-3-4-7(12)8(13)5-6/h3-5,9-10,14-15H,1-2H3. The van der Waals surface area contributed by atoms with E-state index in [1.807, 2.05) is 0 Å². The van der Waals surface area contributed by atoms with Crippen molar-refractivity contribution in [3.8, 4) is 0 Å². The van der Waals surface area contributed by atoms with Crippen LogP contribution in [0.4, 0.5) is 0 Å².